The van der Waals surface area contributed by atoms with Crippen molar-refractivity contribution in [2.24, 2.45) is 5.73 Å². The summed E-state index contributed by atoms with van der Waals surface area (Å²) >= 11 is 0. The van der Waals surface area contributed by atoms with Gasteiger partial charge in [0.1, 0.15) is 6.04 Å². The van der Waals surface area contributed by atoms with E-state index in [9.17, 15) is 4.79 Å². The van der Waals surface area contributed by atoms with E-state index in [1.54, 1.807) is 0 Å². The number of methoxy groups -OCH3 is 1. The van der Waals surface area contributed by atoms with Gasteiger partial charge in [0, 0.05) is 12.7 Å². The molecule has 1 aromatic heterocycles. The average Bonchev–Trinajstić information content (AvgIpc) is 2.95. The van der Waals surface area contributed by atoms with Crippen molar-refractivity contribution in [3.63, 3.8) is 0 Å². The minimum atomic E-state index is -0.756. The minimum absolute atomic E-state index is 0.0938. The van der Waals surface area contributed by atoms with Crippen LogP contribution in [0.3, 0.4) is 0 Å². The minimum Gasteiger partial charge on any atom is -0.383 e. The molecule has 1 heterocycles. The number of carbonyl (C=O) groups is 1. The second kappa shape index (κ2) is 6.89. The van der Waals surface area contributed by atoms with E-state index in [4.69, 9.17) is 10.5 Å². The highest BCUT2D eigenvalue weighted by molar-refractivity contribution is 5.93. The van der Waals surface area contributed by atoms with Gasteiger partial charge in [-0.2, -0.15) is 4.98 Å². The van der Waals surface area contributed by atoms with Crippen molar-refractivity contribution in [3.8, 4) is 11.4 Å². The Kier molecular flexibility index (Phi) is 5.12. The Morgan fingerprint density at radius 2 is 2.00 bits per heavy atom. The van der Waals surface area contributed by atoms with E-state index in [-0.39, 0.29) is 23.9 Å². The van der Waals surface area contributed by atoms with E-state index in [1.807, 2.05) is 12.1 Å². The number of anilines is 1. The lowest BCUT2D eigenvalue weighted by Gasteiger charge is -2.18. The fourth-order valence-electron chi connectivity index (χ4n) is 2.03. The number of aromatic amines is 1. The lowest BCUT2D eigenvalue weighted by atomic mass is 9.87. The van der Waals surface area contributed by atoms with Gasteiger partial charge in [-0.3, -0.25) is 15.2 Å². The number of nitrogens with one attached hydrogen (secondary N) is 2. The van der Waals surface area contributed by atoms with Gasteiger partial charge in [-0.1, -0.05) is 45.0 Å². The molecule has 0 bridgehead atoms. The average molecular weight is 317 g/mol. The van der Waals surface area contributed by atoms with E-state index in [2.05, 4.69) is 53.4 Å². The smallest absolute Gasteiger partial charge is 0.249 e. The molecule has 0 aliphatic carbocycles. The number of nitrogens with two attached hydrogens (primary N) is 1. The van der Waals surface area contributed by atoms with Crippen molar-refractivity contribution in [1.82, 2.24) is 15.2 Å². The maximum atomic E-state index is 11.8. The third-order valence-corrected chi connectivity index (χ3v) is 3.43. The summed E-state index contributed by atoms with van der Waals surface area (Å²) in [6.07, 6.45) is 0. The number of H-pyrrole nitrogens is 1. The van der Waals surface area contributed by atoms with Crippen LogP contribution in [0.1, 0.15) is 26.3 Å². The maximum Gasteiger partial charge on any atom is 0.249 e. The Labute approximate surface area is 135 Å². The second-order valence-electron chi connectivity index (χ2n) is 6.39. The first-order valence-corrected chi connectivity index (χ1v) is 7.40. The Morgan fingerprint density at radius 1 is 1.35 bits per heavy atom. The van der Waals surface area contributed by atoms with Crippen LogP contribution < -0.4 is 11.1 Å². The van der Waals surface area contributed by atoms with Crippen molar-refractivity contribution >= 4 is 11.9 Å². The molecule has 0 aliphatic heterocycles. The highest BCUT2D eigenvalue weighted by Crippen LogP contribution is 2.24. The molecule has 0 aliphatic rings. The Hall–Kier alpha value is -2.25. The normalized spacial score (nSPS) is 12.9. The summed E-state index contributed by atoms with van der Waals surface area (Å²) in [5.74, 6) is 0.387. The van der Waals surface area contributed by atoms with Gasteiger partial charge in [-0.25, -0.2) is 0 Å². The number of rotatable bonds is 5. The number of carbonyl (C=O) groups excluding carboxylic acids is 1. The zero-order valence-electron chi connectivity index (χ0n) is 13.9. The molecular weight excluding hydrogens is 294 g/mol. The maximum absolute atomic E-state index is 11.8. The second-order valence-corrected chi connectivity index (χ2v) is 6.39. The molecule has 1 amide bonds. The first kappa shape index (κ1) is 17.1. The van der Waals surface area contributed by atoms with Crippen LogP contribution in [0.4, 0.5) is 5.95 Å². The van der Waals surface area contributed by atoms with Crippen molar-refractivity contribution < 1.29 is 9.53 Å². The van der Waals surface area contributed by atoms with Gasteiger partial charge in [0.25, 0.3) is 0 Å². The summed E-state index contributed by atoms with van der Waals surface area (Å²) in [5.41, 5.74) is 7.87. The number of aromatic nitrogens is 3. The highest BCUT2D eigenvalue weighted by atomic mass is 16.5. The van der Waals surface area contributed by atoms with Crippen molar-refractivity contribution in [2.45, 2.75) is 32.2 Å². The summed E-state index contributed by atoms with van der Waals surface area (Å²) in [6.45, 7) is 6.62. The molecular formula is C16H23N5O2. The Bertz CT molecular complexity index is 658. The zero-order valence-corrected chi connectivity index (χ0v) is 13.9. The molecule has 124 valence electrons. The first-order chi connectivity index (χ1) is 10.8. The summed E-state index contributed by atoms with van der Waals surface area (Å²) in [5, 5.41) is 9.35. The van der Waals surface area contributed by atoms with E-state index in [0.717, 1.165) is 5.56 Å². The van der Waals surface area contributed by atoms with Crippen molar-refractivity contribution in [2.75, 3.05) is 19.0 Å². The van der Waals surface area contributed by atoms with Crippen LogP contribution >= 0.6 is 0 Å². The number of nitrogens with zero attached hydrogens (tertiary/aromatic N) is 2. The van der Waals surface area contributed by atoms with Crippen LogP contribution in [-0.4, -0.2) is 40.8 Å². The third kappa shape index (κ3) is 4.37. The van der Waals surface area contributed by atoms with Gasteiger partial charge < -0.3 is 10.5 Å². The number of amides is 1. The van der Waals surface area contributed by atoms with Crippen LogP contribution in [0.15, 0.2) is 24.3 Å². The fourth-order valence-corrected chi connectivity index (χ4v) is 2.03. The molecule has 0 saturated carbocycles. The van der Waals surface area contributed by atoms with Crippen LogP contribution in [0, 0.1) is 0 Å². The lowest BCUT2D eigenvalue weighted by molar-refractivity contribution is -0.118. The number of benzene rings is 1. The van der Waals surface area contributed by atoms with Gasteiger partial charge in [0.2, 0.25) is 11.9 Å². The highest BCUT2D eigenvalue weighted by Gasteiger charge is 2.16. The zero-order chi connectivity index (χ0) is 17.0. The molecule has 7 nitrogen and oxygen atoms in total. The molecule has 0 saturated heterocycles. The van der Waals surface area contributed by atoms with Crippen LogP contribution in [0.5, 0.6) is 0 Å². The van der Waals surface area contributed by atoms with Gasteiger partial charge in [0.15, 0.2) is 5.82 Å². The predicted octanol–water partition coefficient (Wildman–Crippen LogP) is 1.68. The van der Waals surface area contributed by atoms with Crippen molar-refractivity contribution in [1.29, 1.82) is 0 Å². The number of hydrogen-bond donors (Lipinski definition) is 3. The van der Waals surface area contributed by atoms with Gasteiger partial charge in [0.05, 0.1) is 6.61 Å². The monoisotopic (exact) mass is 317 g/mol. The topological polar surface area (TPSA) is 106 Å². The molecule has 0 spiro atoms. The van der Waals surface area contributed by atoms with Crippen molar-refractivity contribution in [3.05, 3.63) is 29.8 Å². The SMILES string of the molecule is COCC(N)C(=O)Nc1n[nH]c(-c2ccc(C(C)(C)C)cc2)n1. The molecule has 2 rings (SSSR count). The van der Waals surface area contributed by atoms with Crippen LogP contribution in [0.2, 0.25) is 0 Å². The third-order valence-electron chi connectivity index (χ3n) is 3.43. The standard InChI is InChI=1S/C16H23N5O2/c1-16(2,3)11-7-5-10(6-8-11)13-18-15(21-20-13)19-14(22)12(17)9-23-4/h5-8,12H,9,17H2,1-4H3,(H2,18,19,20,21,22). The molecule has 2 aromatic rings. The Morgan fingerprint density at radius 3 is 2.57 bits per heavy atom. The molecule has 0 radical (unpaired) electrons. The van der Waals surface area contributed by atoms with Crippen LogP contribution in [0.25, 0.3) is 11.4 Å². The van der Waals surface area contributed by atoms with E-state index in [0.29, 0.717) is 5.82 Å². The summed E-state index contributed by atoms with van der Waals surface area (Å²) in [4.78, 5) is 16.1. The quantitative estimate of drug-likeness (QED) is 0.778. The fraction of sp³-hybridized carbons (Fsp3) is 0.438. The summed E-state index contributed by atoms with van der Waals surface area (Å²) < 4.78 is 4.84. The number of ether oxygens (including phenoxy) is 1. The molecule has 0 fully saturated rings. The first-order valence-electron chi connectivity index (χ1n) is 7.40. The van der Waals surface area contributed by atoms with Gasteiger partial charge in [-0.05, 0) is 11.0 Å². The number of hydrogen-bond acceptors (Lipinski definition) is 5. The molecule has 23 heavy (non-hydrogen) atoms. The molecule has 1 atom stereocenters. The predicted molar refractivity (Wildman–Crippen MR) is 89.0 cm³/mol. The van der Waals surface area contributed by atoms with E-state index < -0.39 is 6.04 Å². The lowest BCUT2D eigenvalue weighted by Crippen LogP contribution is -2.39. The summed E-state index contributed by atoms with van der Waals surface area (Å²) in [7, 11) is 1.49. The molecule has 1 unspecified atom stereocenters. The Balaban J connectivity index is 2.09. The largest absolute Gasteiger partial charge is 0.383 e. The van der Waals surface area contributed by atoms with E-state index in [1.165, 1.54) is 12.7 Å². The molecule has 4 N–H and O–H groups in total. The molecule has 7 heteroatoms. The van der Waals surface area contributed by atoms with E-state index >= 15 is 0 Å². The van der Waals surface area contributed by atoms with Gasteiger partial charge >= 0.3 is 0 Å². The molecule has 1 aromatic carbocycles. The summed E-state index contributed by atoms with van der Waals surface area (Å²) in [6, 6.07) is 7.31. The van der Waals surface area contributed by atoms with Gasteiger partial charge in [-0.15, -0.1) is 5.10 Å². The van der Waals surface area contributed by atoms with Crippen LogP contribution in [-0.2, 0) is 14.9 Å².